The van der Waals surface area contributed by atoms with E-state index in [0.717, 1.165) is 51.1 Å². The first kappa shape index (κ1) is 18.7. The van der Waals surface area contributed by atoms with Gasteiger partial charge in [-0.05, 0) is 38.8 Å². The van der Waals surface area contributed by atoms with Crippen LogP contribution in [0, 0.1) is 5.92 Å². The van der Waals surface area contributed by atoms with Crippen LogP contribution in [0.25, 0.3) is 0 Å². The predicted octanol–water partition coefficient (Wildman–Crippen LogP) is 0.229. The number of piperidine rings is 1. The first-order chi connectivity index (χ1) is 11.7. The highest BCUT2D eigenvalue weighted by molar-refractivity contribution is 5.79. The molecule has 0 aliphatic carbocycles. The summed E-state index contributed by atoms with van der Waals surface area (Å²) in [4.78, 5) is 11.3. The van der Waals surface area contributed by atoms with Crippen molar-refractivity contribution in [3.8, 4) is 0 Å². The second-order valence-electron chi connectivity index (χ2n) is 6.15. The maximum atomic E-state index is 5.15. The van der Waals surface area contributed by atoms with Crippen molar-refractivity contribution in [2.75, 3.05) is 46.4 Å². The van der Waals surface area contributed by atoms with E-state index in [9.17, 15) is 0 Å². The number of aryl methyl sites for hydroxylation is 1. The summed E-state index contributed by atoms with van der Waals surface area (Å²) in [7, 11) is 3.65. The van der Waals surface area contributed by atoms with E-state index in [1.807, 2.05) is 7.05 Å². The Morgan fingerprint density at radius 3 is 2.79 bits per heavy atom. The van der Waals surface area contributed by atoms with Gasteiger partial charge in [0.05, 0.1) is 6.61 Å². The van der Waals surface area contributed by atoms with Crippen LogP contribution in [0.5, 0.6) is 0 Å². The van der Waals surface area contributed by atoms with Gasteiger partial charge in [0.25, 0.3) is 0 Å². The molecule has 1 fully saturated rings. The lowest BCUT2D eigenvalue weighted by Gasteiger charge is -2.32. The number of rotatable bonds is 8. The van der Waals surface area contributed by atoms with Crippen molar-refractivity contribution in [1.29, 1.82) is 0 Å². The van der Waals surface area contributed by atoms with Crippen LogP contribution in [0.15, 0.2) is 11.3 Å². The highest BCUT2D eigenvalue weighted by Crippen LogP contribution is 2.15. The summed E-state index contributed by atoms with van der Waals surface area (Å²) in [6, 6.07) is 0. The van der Waals surface area contributed by atoms with Crippen molar-refractivity contribution in [2.45, 2.75) is 26.3 Å². The molecule has 2 N–H and O–H groups in total. The molecule has 0 aromatic carbocycles. The quantitative estimate of drug-likeness (QED) is 0.522. The Morgan fingerprint density at radius 1 is 1.38 bits per heavy atom. The number of aromatic nitrogens is 3. The van der Waals surface area contributed by atoms with E-state index in [2.05, 4.69) is 37.5 Å². The minimum atomic E-state index is 0.529. The van der Waals surface area contributed by atoms with E-state index in [1.165, 1.54) is 12.8 Å². The monoisotopic (exact) mass is 337 g/mol. The van der Waals surface area contributed by atoms with Crippen molar-refractivity contribution in [2.24, 2.45) is 18.0 Å². The van der Waals surface area contributed by atoms with Crippen molar-refractivity contribution in [3.63, 3.8) is 0 Å². The molecule has 8 nitrogen and oxygen atoms in total. The maximum absolute atomic E-state index is 5.15. The van der Waals surface area contributed by atoms with E-state index >= 15 is 0 Å². The fourth-order valence-corrected chi connectivity index (χ4v) is 2.83. The Kier molecular flexibility index (Phi) is 7.97. The van der Waals surface area contributed by atoms with Crippen LogP contribution in [0.3, 0.4) is 0 Å². The summed E-state index contributed by atoms with van der Waals surface area (Å²) >= 11 is 0. The Morgan fingerprint density at radius 2 is 2.17 bits per heavy atom. The lowest BCUT2D eigenvalue weighted by Crippen LogP contribution is -2.43. The van der Waals surface area contributed by atoms with Gasteiger partial charge in [0.1, 0.15) is 18.7 Å². The third-order valence-corrected chi connectivity index (χ3v) is 4.40. The van der Waals surface area contributed by atoms with Crippen LogP contribution in [-0.2, 0) is 18.3 Å². The third-order valence-electron chi connectivity index (χ3n) is 4.40. The summed E-state index contributed by atoms with van der Waals surface area (Å²) in [6.45, 7) is 8.59. The zero-order valence-corrected chi connectivity index (χ0v) is 15.2. The van der Waals surface area contributed by atoms with Gasteiger partial charge in [-0.25, -0.2) is 9.98 Å². The molecule has 2 rings (SSSR count). The first-order valence-corrected chi connectivity index (χ1v) is 8.79. The summed E-state index contributed by atoms with van der Waals surface area (Å²) in [5, 5.41) is 10.8. The van der Waals surface area contributed by atoms with Gasteiger partial charge in [-0.2, -0.15) is 5.10 Å². The van der Waals surface area contributed by atoms with Crippen LogP contribution < -0.4 is 10.6 Å². The Balaban J connectivity index is 1.74. The molecule has 1 aliphatic rings. The lowest BCUT2D eigenvalue weighted by atomic mass is 9.97. The van der Waals surface area contributed by atoms with Crippen molar-refractivity contribution in [3.05, 3.63) is 12.2 Å². The maximum Gasteiger partial charge on any atom is 0.191 e. The van der Waals surface area contributed by atoms with E-state index in [1.54, 1.807) is 18.1 Å². The molecule has 0 unspecified atom stereocenters. The molecule has 8 heteroatoms. The smallest absolute Gasteiger partial charge is 0.191 e. The van der Waals surface area contributed by atoms with Crippen LogP contribution >= 0.6 is 0 Å². The zero-order chi connectivity index (χ0) is 17.2. The summed E-state index contributed by atoms with van der Waals surface area (Å²) < 4.78 is 6.91. The van der Waals surface area contributed by atoms with E-state index < -0.39 is 0 Å². The second kappa shape index (κ2) is 10.2. The molecule has 0 bridgehead atoms. The van der Waals surface area contributed by atoms with E-state index in [4.69, 9.17) is 4.74 Å². The SMILES string of the molecule is CCNC(=NCc1ncnn1C)NCC1CCN(CCOC)CC1. The van der Waals surface area contributed by atoms with E-state index in [0.29, 0.717) is 12.5 Å². The molecular weight excluding hydrogens is 306 g/mol. The molecular formula is C16H31N7O. The minimum Gasteiger partial charge on any atom is -0.383 e. The number of nitrogens with one attached hydrogen (secondary N) is 2. The number of hydrogen-bond donors (Lipinski definition) is 2. The fraction of sp³-hybridized carbons (Fsp3) is 0.812. The van der Waals surface area contributed by atoms with Gasteiger partial charge in [-0.3, -0.25) is 4.68 Å². The molecule has 1 aromatic heterocycles. The van der Waals surface area contributed by atoms with Crippen molar-refractivity contribution in [1.82, 2.24) is 30.3 Å². The van der Waals surface area contributed by atoms with Crippen LogP contribution in [0.2, 0.25) is 0 Å². The highest BCUT2D eigenvalue weighted by Gasteiger charge is 2.19. The summed E-state index contributed by atoms with van der Waals surface area (Å²) in [5.74, 6) is 2.41. The molecule has 2 heterocycles. The second-order valence-corrected chi connectivity index (χ2v) is 6.15. The average molecular weight is 337 g/mol. The Labute approximate surface area is 144 Å². The molecule has 0 spiro atoms. The van der Waals surface area contributed by atoms with Gasteiger partial charge in [0.15, 0.2) is 5.96 Å². The first-order valence-electron chi connectivity index (χ1n) is 8.79. The zero-order valence-electron chi connectivity index (χ0n) is 15.2. The van der Waals surface area contributed by atoms with Gasteiger partial charge in [-0.1, -0.05) is 0 Å². The molecule has 1 aliphatic heterocycles. The summed E-state index contributed by atoms with van der Waals surface area (Å²) in [6.07, 6.45) is 4.00. The number of methoxy groups -OCH3 is 1. The van der Waals surface area contributed by atoms with Crippen LogP contribution in [-0.4, -0.2) is 72.1 Å². The number of nitrogens with zero attached hydrogens (tertiary/aromatic N) is 5. The topological polar surface area (TPSA) is 79.6 Å². The molecule has 0 saturated carbocycles. The lowest BCUT2D eigenvalue weighted by molar-refractivity contribution is 0.121. The van der Waals surface area contributed by atoms with Crippen molar-refractivity contribution >= 4 is 5.96 Å². The number of ether oxygens (including phenoxy) is 1. The largest absolute Gasteiger partial charge is 0.383 e. The van der Waals surface area contributed by atoms with Gasteiger partial charge in [-0.15, -0.1) is 0 Å². The molecule has 1 aromatic rings. The molecule has 0 atom stereocenters. The molecule has 0 radical (unpaired) electrons. The van der Waals surface area contributed by atoms with Gasteiger partial charge in [0, 0.05) is 33.8 Å². The number of likely N-dealkylation sites (tertiary alicyclic amines) is 1. The minimum absolute atomic E-state index is 0.529. The molecule has 136 valence electrons. The normalized spacial score (nSPS) is 17.2. The number of aliphatic imine (C=N–C) groups is 1. The predicted molar refractivity (Wildman–Crippen MR) is 94.9 cm³/mol. The Bertz CT molecular complexity index is 494. The highest BCUT2D eigenvalue weighted by atomic mass is 16.5. The standard InChI is InChI=1S/C16H31N7O/c1-4-17-16(19-12-15-20-13-21-22(15)2)18-11-14-5-7-23(8-6-14)9-10-24-3/h13-14H,4-12H2,1-3H3,(H2,17,18,19). The van der Waals surface area contributed by atoms with Gasteiger partial charge in [0.2, 0.25) is 0 Å². The Hall–Kier alpha value is -1.67. The number of guanidine groups is 1. The van der Waals surface area contributed by atoms with Gasteiger partial charge < -0.3 is 20.3 Å². The third kappa shape index (κ3) is 6.09. The molecule has 1 saturated heterocycles. The van der Waals surface area contributed by atoms with Crippen LogP contribution in [0.4, 0.5) is 0 Å². The summed E-state index contributed by atoms with van der Waals surface area (Å²) in [5.41, 5.74) is 0. The fourth-order valence-electron chi connectivity index (χ4n) is 2.83. The number of hydrogen-bond acceptors (Lipinski definition) is 5. The van der Waals surface area contributed by atoms with Crippen molar-refractivity contribution < 1.29 is 4.74 Å². The van der Waals surface area contributed by atoms with Crippen LogP contribution in [0.1, 0.15) is 25.6 Å². The molecule has 24 heavy (non-hydrogen) atoms. The van der Waals surface area contributed by atoms with Gasteiger partial charge >= 0.3 is 0 Å². The van der Waals surface area contributed by atoms with E-state index in [-0.39, 0.29) is 0 Å². The molecule has 0 amide bonds. The average Bonchev–Trinajstić information content (AvgIpc) is 3.01.